The Bertz CT molecular complexity index is 1040. The summed E-state index contributed by atoms with van der Waals surface area (Å²) < 4.78 is 15.7. The van der Waals surface area contributed by atoms with Crippen LogP contribution in [0, 0.1) is 0 Å². The van der Waals surface area contributed by atoms with Gasteiger partial charge in [0.05, 0.1) is 18.9 Å². The molecular weight excluding hydrogens is 420 g/mol. The first-order valence-electron chi connectivity index (χ1n) is 7.42. The van der Waals surface area contributed by atoms with Crippen LogP contribution in [0.15, 0.2) is 54.1 Å². The second kappa shape index (κ2) is 7.83. The van der Waals surface area contributed by atoms with E-state index < -0.39 is 5.97 Å². The van der Waals surface area contributed by atoms with E-state index in [-0.39, 0.29) is 17.3 Å². The molecule has 0 radical (unpaired) electrons. The van der Waals surface area contributed by atoms with Crippen LogP contribution >= 0.6 is 15.9 Å². The molecule has 0 unspecified atom stereocenters. The first-order chi connectivity index (χ1) is 13.0. The van der Waals surface area contributed by atoms with Gasteiger partial charge < -0.3 is 20.6 Å². The smallest absolute Gasteiger partial charge is 0.338 e. The molecule has 11 heteroatoms. The van der Waals surface area contributed by atoms with Crippen LogP contribution in [0.25, 0.3) is 11.3 Å². The summed E-state index contributed by atoms with van der Waals surface area (Å²) in [6, 6.07) is 8.55. The molecule has 0 saturated heterocycles. The van der Waals surface area contributed by atoms with Gasteiger partial charge in [0, 0.05) is 10.0 Å². The zero-order valence-electron chi connectivity index (χ0n) is 13.9. The van der Waals surface area contributed by atoms with Crippen molar-refractivity contribution in [3.8, 4) is 11.3 Å². The van der Waals surface area contributed by atoms with Crippen molar-refractivity contribution in [2.45, 2.75) is 0 Å². The number of esters is 1. The first-order valence-corrected chi connectivity index (χ1v) is 8.22. The molecule has 0 amide bonds. The first kappa shape index (κ1) is 18.3. The number of aromatic nitrogens is 2. The van der Waals surface area contributed by atoms with Crippen LogP contribution in [0.3, 0.4) is 0 Å². The highest BCUT2D eigenvalue weighted by molar-refractivity contribution is 9.10. The molecule has 2 heterocycles. The highest BCUT2D eigenvalue weighted by atomic mass is 79.9. The number of anilines is 1. The largest absolute Gasteiger partial charge is 0.465 e. The Balaban J connectivity index is 1.84. The number of carbonyl (C=O) groups is 1. The van der Waals surface area contributed by atoms with Gasteiger partial charge in [-0.05, 0) is 40.6 Å². The SMILES string of the molecule is COC(=O)c1cc(Br)ccc1-c1ccc(C=N/N=C(\N)c2nonc2N)o1. The van der Waals surface area contributed by atoms with Crippen molar-refractivity contribution < 1.29 is 18.6 Å². The zero-order chi connectivity index (χ0) is 19.4. The predicted octanol–water partition coefficient (Wildman–Crippen LogP) is 2.20. The fraction of sp³-hybridized carbons (Fsp3) is 0.0625. The summed E-state index contributed by atoms with van der Waals surface area (Å²) >= 11 is 3.33. The third-order valence-corrected chi connectivity index (χ3v) is 3.88. The molecule has 4 N–H and O–H groups in total. The van der Waals surface area contributed by atoms with Crippen molar-refractivity contribution in [3.63, 3.8) is 0 Å². The number of halogens is 1. The standard InChI is InChI=1S/C16H13BrN6O4/c1-25-16(24)11-6-8(17)2-4-10(11)12-5-3-9(26-12)7-20-21-14(18)13-15(19)23-27-22-13/h2-7H,1H3,(H2,18,21)(H2,19,23). The van der Waals surface area contributed by atoms with Crippen LogP contribution in [-0.2, 0) is 4.74 Å². The second-order valence-corrected chi connectivity index (χ2v) is 6.03. The summed E-state index contributed by atoms with van der Waals surface area (Å²) in [7, 11) is 1.31. The van der Waals surface area contributed by atoms with Crippen LogP contribution < -0.4 is 11.5 Å². The normalized spacial score (nSPS) is 11.9. The molecule has 0 aliphatic carbocycles. The third kappa shape index (κ3) is 4.03. The molecule has 0 saturated carbocycles. The van der Waals surface area contributed by atoms with Gasteiger partial charge in [-0.2, -0.15) is 5.10 Å². The van der Waals surface area contributed by atoms with Crippen LogP contribution in [-0.4, -0.2) is 35.4 Å². The maximum absolute atomic E-state index is 12.0. The highest BCUT2D eigenvalue weighted by Crippen LogP contribution is 2.28. The Morgan fingerprint density at radius 3 is 2.81 bits per heavy atom. The molecular formula is C16H13BrN6O4. The van der Waals surface area contributed by atoms with Gasteiger partial charge in [0.1, 0.15) is 11.5 Å². The number of rotatable bonds is 5. The Morgan fingerprint density at radius 1 is 1.30 bits per heavy atom. The molecule has 0 bridgehead atoms. The zero-order valence-corrected chi connectivity index (χ0v) is 15.5. The number of carbonyl (C=O) groups excluding carboxylic acids is 1. The third-order valence-electron chi connectivity index (χ3n) is 3.39. The fourth-order valence-electron chi connectivity index (χ4n) is 2.15. The van der Waals surface area contributed by atoms with E-state index in [0.717, 1.165) is 4.47 Å². The summed E-state index contributed by atoms with van der Waals surface area (Å²) in [6.45, 7) is 0. The minimum atomic E-state index is -0.478. The van der Waals surface area contributed by atoms with Gasteiger partial charge in [-0.1, -0.05) is 15.9 Å². The second-order valence-electron chi connectivity index (χ2n) is 5.11. The van der Waals surface area contributed by atoms with E-state index in [1.54, 1.807) is 30.3 Å². The van der Waals surface area contributed by atoms with Crippen LogP contribution in [0.1, 0.15) is 21.8 Å². The number of methoxy groups -OCH3 is 1. The molecule has 10 nitrogen and oxygen atoms in total. The number of amidine groups is 1. The van der Waals surface area contributed by atoms with Crippen molar-refractivity contribution in [2.24, 2.45) is 15.9 Å². The summed E-state index contributed by atoms with van der Waals surface area (Å²) in [4.78, 5) is 12.0. The number of nitrogens with two attached hydrogens (primary N) is 2. The summed E-state index contributed by atoms with van der Waals surface area (Å²) in [6.07, 6.45) is 1.34. The van der Waals surface area contributed by atoms with Gasteiger partial charge in [-0.25, -0.2) is 9.42 Å². The van der Waals surface area contributed by atoms with Gasteiger partial charge >= 0.3 is 5.97 Å². The monoisotopic (exact) mass is 432 g/mol. The highest BCUT2D eigenvalue weighted by Gasteiger charge is 2.16. The quantitative estimate of drug-likeness (QED) is 0.269. The molecule has 0 atom stereocenters. The van der Waals surface area contributed by atoms with E-state index in [1.807, 2.05) is 0 Å². The number of hydrogen-bond acceptors (Lipinski definition) is 9. The molecule has 2 aromatic heterocycles. The number of nitrogens with zero attached hydrogens (tertiary/aromatic N) is 4. The van der Waals surface area contributed by atoms with Crippen molar-refractivity contribution in [1.82, 2.24) is 10.3 Å². The lowest BCUT2D eigenvalue weighted by molar-refractivity contribution is 0.0601. The van der Waals surface area contributed by atoms with E-state index in [2.05, 4.69) is 41.1 Å². The van der Waals surface area contributed by atoms with Gasteiger partial charge in [0.2, 0.25) is 0 Å². The number of benzene rings is 1. The van der Waals surface area contributed by atoms with Crippen molar-refractivity contribution in [3.05, 3.63) is 51.8 Å². The Morgan fingerprint density at radius 2 is 2.11 bits per heavy atom. The Hall–Kier alpha value is -3.47. The molecule has 138 valence electrons. The molecule has 27 heavy (non-hydrogen) atoms. The Labute approximate surface area is 161 Å². The predicted molar refractivity (Wildman–Crippen MR) is 100 cm³/mol. The van der Waals surface area contributed by atoms with Crippen molar-refractivity contribution >= 4 is 39.8 Å². The van der Waals surface area contributed by atoms with E-state index in [4.69, 9.17) is 20.6 Å². The number of nitrogen functional groups attached to an aromatic ring is 1. The summed E-state index contributed by atoms with van der Waals surface area (Å²) in [5.41, 5.74) is 12.2. The lowest BCUT2D eigenvalue weighted by Crippen LogP contribution is -2.15. The summed E-state index contributed by atoms with van der Waals surface area (Å²) in [5, 5.41) is 14.5. The number of ether oxygens (including phenoxy) is 1. The van der Waals surface area contributed by atoms with Crippen LogP contribution in [0.2, 0.25) is 0 Å². The van der Waals surface area contributed by atoms with Gasteiger partial charge in [-0.15, -0.1) is 5.10 Å². The number of furan rings is 1. The maximum Gasteiger partial charge on any atom is 0.338 e. The van der Waals surface area contributed by atoms with E-state index in [9.17, 15) is 4.79 Å². The molecule has 0 spiro atoms. The minimum absolute atomic E-state index is 0.0114. The van der Waals surface area contributed by atoms with Crippen molar-refractivity contribution in [2.75, 3.05) is 12.8 Å². The van der Waals surface area contributed by atoms with E-state index >= 15 is 0 Å². The van der Waals surface area contributed by atoms with Crippen LogP contribution in [0.5, 0.6) is 0 Å². The van der Waals surface area contributed by atoms with E-state index in [0.29, 0.717) is 22.6 Å². The fourth-order valence-corrected chi connectivity index (χ4v) is 2.51. The lowest BCUT2D eigenvalue weighted by atomic mass is 10.1. The molecule has 3 rings (SSSR count). The molecule has 0 aliphatic rings. The van der Waals surface area contributed by atoms with Gasteiger partial charge in [0.25, 0.3) is 0 Å². The molecule has 1 aromatic carbocycles. The number of hydrogen-bond donors (Lipinski definition) is 2. The van der Waals surface area contributed by atoms with Crippen molar-refractivity contribution in [1.29, 1.82) is 0 Å². The average Bonchev–Trinajstić information content (AvgIpc) is 3.30. The molecule has 3 aromatic rings. The van der Waals surface area contributed by atoms with Crippen LogP contribution in [0.4, 0.5) is 5.82 Å². The molecule has 0 fully saturated rings. The maximum atomic E-state index is 12.0. The minimum Gasteiger partial charge on any atom is -0.465 e. The lowest BCUT2D eigenvalue weighted by Gasteiger charge is -2.06. The van der Waals surface area contributed by atoms with E-state index in [1.165, 1.54) is 13.3 Å². The van der Waals surface area contributed by atoms with Gasteiger partial charge in [0.15, 0.2) is 17.3 Å². The Kier molecular flexibility index (Phi) is 5.31. The van der Waals surface area contributed by atoms with Gasteiger partial charge in [-0.3, -0.25) is 0 Å². The topological polar surface area (TPSA) is 155 Å². The average molecular weight is 433 g/mol. The summed E-state index contributed by atoms with van der Waals surface area (Å²) in [5.74, 6) is 0.335. The molecule has 0 aliphatic heterocycles.